The van der Waals surface area contributed by atoms with Crippen molar-refractivity contribution in [2.24, 2.45) is 0 Å². The second kappa shape index (κ2) is 6.47. The molecule has 114 valence electrons. The molecule has 7 heteroatoms. The molecule has 1 rings (SSSR count). The SMILES string of the molecule is C[C@H](NC(CC(F)(F)F)CC(F)(F)F)c1ccccc1. The Morgan fingerprint density at radius 3 is 1.75 bits per heavy atom. The molecule has 0 spiro atoms. The molecule has 1 atom stereocenters. The normalized spacial score (nSPS) is 14.6. The first-order valence-corrected chi connectivity index (χ1v) is 6.01. The van der Waals surface area contributed by atoms with Gasteiger partial charge in [0.2, 0.25) is 0 Å². The molecule has 1 nitrogen and oxygen atoms in total. The number of benzene rings is 1. The maximum atomic E-state index is 12.3. The number of hydrogen-bond donors (Lipinski definition) is 1. The van der Waals surface area contributed by atoms with E-state index in [1.807, 2.05) is 0 Å². The molecule has 20 heavy (non-hydrogen) atoms. The largest absolute Gasteiger partial charge is 0.390 e. The zero-order valence-corrected chi connectivity index (χ0v) is 10.7. The molecule has 0 aliphatic carbocycles. The first kappa shape index (κ1) is 16.8. The highest BCUT2D eigenvalue weighted by Gasteiger charge is 2.39. The van der Waals surface area contributed by atoms with Crippen molar-refractivity contribution in [1.29, 1.82) is 0 Å². The second-order valence-electron chi connectivity index (χ2n) is 4.63. The third-order valence-corrected chi connectivity index (χ3v) is 2.74. The molecule has 0 unspecified atom stereocenters. The number of halogens is 6. The molecule has 1 N–H and O–H groups in total. The van der Waals surface area contributed by atoms with Gasteiger partial charge in [0.25, 0.3) is 0 Å². The summed E-state index contributed by atoms with van der Waals surface area (Å²) in [6.07, 6.45) is -12.3. The van der Waals surface area contributed by atoms with Gasteiger partial charge in [0, 0.05) is 12.1 Å². The summed E-state index contributed by atoms with van der Waals surface area (Å²) in [5.41, 5.74) is 0.641. The molecular formula is C13H15F6N. The van der Waals surface area contributed by atoms with Crippen molar-refractivity contribution in [2.75, 3.05) is 0 Å². The van der Waals surface area contributed by atoms with E-state index in [-0.39, 0.29) is 0 Å². The summed E-state index contributed by atoms with van der Waals surface area (Å²) in [6, 6.07) is 6.09. The third-order valence-electron chi connectivity index (χ3n) is 2.74. The zero-order valence-electron chi connectivity index (χ0n) is 10.7. The van der Waals surface area contributed by atoms with Crippen molar-refractivity contribution in [1.82, 2.24) is 5.32 Å². The van der Waals surface area contributed by atoms with Crippen LogP contribution in [-0.4, -0.2) is 18.4 Å². The topological polar surface area (TPSA) is 12.0 Å². The quantitative estimate of drug-likeness (QED) is 0.783. The van der Waals surface area contributed by atoms with Gasteiger partial charge in [-0.15, -0.1) is 0 Å². The van der Waals surface area contributed by atoms with Crippen LogP contribution in [-0.2, 0) is 0 Å². The molecule has 0 amide bonds. The van der Waals surface area contributed by atoms with E-state index >= 15 is 0 Å². The van der Waals surface area contributed by atoms with Gasteiger partial charge in [-0.3, -0.25) is 0 Å². The summed E-state index contributed by atoms with van der Waals surface area (Å²) >= 11 is 0. The van der Waals surface area contributed by atoms with Crippen molar-refractivity contribution in [3.8, 4) is 0 Å². The van der Waals surface area contributed by atoms with Gasteiger partial charge in [0.05, 0.1) is 12.8 Å². The summed E-state index contributed by atoms with van der Waals surface area (Å²) in [5.74, 6) is 0. The van der Waals surface area contributed by atoms with E-state index in [9.17, 15) is 26.3 Å². The number of alkyl halides is 6. The minimum atomic E-state index is -4.64. The van der Waals surface area contributed by atoms with Crippen molar-refractivity contribution < 1.29 is 26.3 Å². The Kier molecular flexibility index (Phi) is 5.44. The highest BCUT2D eigenvalue weighted by atomic mass is 19.4. The summed E-state index contributed by atoms with van der Waals surface area (Å²) < 4.78 is 74.0. The van der Waals surface area contributed by atoms with Crippen LogP contribution in [0.3, 0.4) is 0 Å². The summed E-state index contributed by atoms with van der Waals surface area (Å²) in [5, 5.41) is 2.41. The molecule has 0 aromatic heterocycles. The molecule has 0 saturated carbocycles. The number of nitrogens with one attached hydrogen (secondary N) is 1. The molecule has 1 aromatic rings. The fourth-order valence-corrected chi connectivity index (χ4v) is 1.94. The molecule has 0 aliphatic rings. The molecule has 1 aromatic carbocycles. The highest BCUT2D eigenvalue weighted by Crippen LogP contribution is 2.30. The Hall–Kier alpha value is -1.24. The van der Waals surface area contributed by atoms with Crippen LogP contribution in [0.15, 0.2) is 30.3 Å². The van der Waals surface area contributed by atoms with Crippen LogP contribution < -0.4 is 5.32 Å². The Morgan fingerprint density at radius 1 is 0.900 bits per heavy atom. The summed E-state index contributed by atoms with van der Waals surface area (Å²) in [4.78, 5) is 0. The average Bonchev–Trinajstić information content (AvgIpc) is 2.25. The lowest BCUT2D eigenvalue weighted by atomic mass is 10.0. The van der Waals surface area contributed by atoms with Gasteiger partial charge in [-0.05, 0) is 12.5 Å². The Morgan fingerprint density at radius 2 is 1.35 bits per heavy atom. The highest BCUT2D eigenvalue weighted by molar-refractivity contribution is 5.18. The minimum Gasteiger partial charge on any atom is -0.307 e. The van der Waals surface area contributed by atoms with Crippen LogP contribution in [0.2, 0.25) is 0 Å². The smallest absolute Gasteiger partial charge is 0.307 e. The maximum absolute atomic E-state index is 12.3. The Bertz CT molecular complexity index is 382. The van der Waals surface area contributed by atoms with Crippen LogP contribution in [0.4, 0.5) is 26.3 Å². The van der Waals surface area contributed by atoms with Crippen LogP contribution in [0.25, 0.3) is 0 Å². The molecule has 0 saturated heterocycles. The van der Waals surface area contributed by atoms with E-state index in [4.69, 9.17) is 0 Å². The summed E-state index contributed by atoms with van der Waals surface area (Å²) in [7, 11) is 0. The van der Waals surface area contributed by atoms with Gasteiger partial charge < -0.3 is 5.32 Å². The van der Waals surface area contributed by atoms with Crippen LogP contribution in [0.5, 0.6) is 0 Å². The molecule has 0 aliphatic heterocycles. The number of hydrogen-bond acceptors (Lipinski definition) is 1. The van der Waals surface area contributed by atoms with Gasteiger partial charge in [-0.2, -0.15) is 26.3 Å². The Labute approximate surface area is 113 Å². The standard InChI is InChI=1S/C13H15F6N/c1-9(10-5-3-2-4-6-10)20-11(7-12(14,15)16)8-13(17,18)19/h2-6,9,11,20H,7-8H2,1H3/t9-/m0/s1. The third kappa shape index (κ3) is 6.79. The molecule has 0 fully saturated rings. The number of rotatable bonds is 5. The van der Waals surface area contributed by atoms with E-state index in [0.717, 1.165) is 0 Å². The van der Waals surface area contributed by atoms with Gasteiger partial charge in [-0.1, -0.05) is 30.3 Å². The predicted octanol–water partition coefficient (Wildman–Crippen LogP) is 4.61. The van der Waals surface area contributed by atoms with Crippen molar-refractivity contribution in [3.63, 3.8) is 0 Å². The fraction of sp³-hybridized carbons (Fsp3) is 0.538. The monoisotopic (exact) mass is 299 g/mol. The lowest BCUT2D eigenvalue weighted by Gasteiger charge is -2.25. The van der Waals surface area contributed by atoms with Gasteiger partial charge in [-0.25, -0.2) is 0 Å². The average molecular weight is 299 g/mol. The van der Waals surface area contributed by atoms with Crippen LogP contribution >= 0.6 is 0 Å². The summed E-state index contributed by atoms with van der Waals surface area (Å²) in [6.45, 7) is 1.54. The molecular weight excluding hydrogens is 284 g/mol. The van der Waals surface area contributed by atoms with E-state index in [1.54, 1.807) is 30.3 Å². The molecule has 0 radical (unpaired) electrons. The van der Waals surface area contributed by atoms with Gasteiger partial charge in [0.15, 0.2) is 0 Å². The minimum absolute atomic E-state index is 0.592. The molecule has 0 heterocycles. The predicted molar refractivity (Wildman–Crippen MR) is 63.1 cm³/mol. The first-order valence-electron chi connectivity index (χ1n) is 6.01. The van der Waals surface area contributed by atoms with Crippen molar-refractivity contribution in [2.45, 2.75) is 44.2 Å². The molecule has 0 bridgehead atoms. The lowest BCUT2D eigenvalue weighted by molar-refractivity contribution is -0.165. The fourth-order valence-electron chi connectivity index (χ4n) is 1.94. The van der Waals surface area contributed by atoms with E-state index in [0.29, 0.717) is 5.56 Å². The van der Waals surface area contributed by atoms with Crippen molar-refractivity contribution >= 4 is 0 Å². The van der Waals surface area contributed by atoms with Crippen molar-refractivity contribution in [3.05, 3.63) is 35.9 Å². The van der Waals surface area contributed by atoms with Gasteiger partial charge in [0.1, 0.15) is 0 Å². The Balaban J connectivity index is 2.73. The van der Waals surface area contributed by atoms with E-state index in [1.165, 1.54) is 6.92 Å². The van der Waals surface area contributed by atoms with E-state index < -0.39 is 37.3 Å². The van der Waals surface area contributed by atoms with Gasteiger partial charge >= 0.3 is 12.4 Å². The first-order chi connectivity index (χ1) is 9.07. The van der Waals surface area contributed by atoms with Crippen LogP contribution in [0.1, 0.15) is 31.4 Å². The van der Waals surface area contributed by atoms with Crippen LogP contribution in [0, 0.1) is 0 Å². The zero-order chi connectivity index (χ0) is 15.4. The second-order valence-corrected chi connectivity index (χ2v) is 4.63. The maximum Gasteiger partial charge on any atom is 0.390 e. The van der Waals surface area contributed by atoms with E-state index in [2.05, 4.69) is 5.32 Å². The lowest BCUT2D eigenvalue weighted by Crippen LogP contribution is -2.38.